The van der Waals surface area contributed by atoms with E-state index in [9.17, 15) is 8.78 Å². The second-order valence-corrected chi connectivity index (χ2v) is 7.38. The summed E-state index contributed by atoms with van der Waals surface area (Å²) < 4.78 is 30.9. The third-order valence-electron chi connectivity index (χ3n) is 5.41. The summed E-state index contributed by atoms with van der Waals surface area (Å²) in [6, 6.07) is 6.52. The molecular weight excluding hydrogens is 396 g/mol. The highest BCUT2D eigenvalue weighted by atomic mass is 35.5. The molecule has 5 nitrogen and oxygen atoms in total. The molecule has 0 saturated carbocycles. The van der Waals surface area contributed by atoms with E-state index in [4.69, 9.17) is 0 Å². The van der Waals surface area contributed by atoms with E-state index >= 15 is 0 Å². The fourth-order valence-electron chi connectivity index (χ4n) is 3.97. The Balaban J connectivity index is 0.00000205. The van der Waals surface area contributed by atoms with Crippen molar-refractivity contribution in [2.24, 2.45) is 0 Å². The highest BCUT2D eigenvalue weighted by Gasteiger charge is 2.18. The second-order valence-electron chi connectivity index (χ2n) is 7.38. The first-order valence-electron chi connectivity index (χ1n) is 9.41. The number of aryl methyl sites for hydroxylation is 1. The number of hydrogen-bond donors (Lipinski definition) is 1. The van der Waals surface area contributed by atoms with Gasteiger partial charge in [-0.3, -0.25) is 0 Å². The van der Waals surface area contributed by atoms with Crippen molar-refractivity contribution in [1.29, 1.82) is 0 Å². The van der Waals surface area contributed by atoms with Gasteiger partial charge in [-0.25, -0.2) is 13.8 Å². The fraction of sp³-hybridized carbons (Fsp3) is 0.286. The van der Waals surface area contributed by atoms with Crippen LogP contribution in [0, 0.1) is 18.6 Å². The number of halogens is 3. The minimum absolute atomic E-state index is 0. The summed E-state index contributed by atoms with van der Waals surface area (Å²) in [6.45, 7) is 3.69. The van der Waals surface area contributed by atoms with Gasteiger partial charge in [-0.05, 0) is 68.6 Å². The first-order chi connectivity index (χ1) is 13.6. The van der Waals surface area contributed by atoms with Crippen molar-refractivity contribution in [1.82, 2.24) is 24.9 Å². The summed E-state index contributed by atoms with van der Waals surface area (Å²) in [5.41, 5.74) is 3.42. The molecule has 0 amide bonds. The minimum Gasteiger partial charge on any atom is -0.317 e. The molecule has 0 unspecified atom stereocenters. The molecule has 1 saturated heterocycles. The van der Waals surface area contributed by atoms with Gasteiger partial charge in [0.2, 0.25) is 0 Å². The Morgan fingerprint density at radius 3 is 2.59 bits per heavy atom. The maximum absolute atomic E-state index is 14.9. The van der Waals surface area contributed by atoms with Crippen LogP contribution >= 0.6 is 12.4 Å². The SMILES string of the molecule is Cc1cn2cc(-c3cc4c(F)cc(C5CCNCC5)cc4nn3)cc(F)c2n1.Cl. The largest absolute Gasteiger partial charge is 0.317 e. The number of benzene rings is 1. The average molecular weight is 416 g/mol. The summed E-state index contributed by atoms with van der Waals surface area (Å²) >= 11 is 0. The summed E-state index contributed by atoms with van der Waals surface area (Å²) in [5, 5.41) is 12.2. The van der Waals surface area contributed by atoms with Crippen LogP contribution in [-0.4, -0.2) is 32.7 Å². The van der Waals surface area contributed by atoms with Crippen molar-refractivity contribution in [3.63, 3.8) is 0 Å². The zero-order valence-corrected chi connectivity index (χ0v) is 16.6. The highest BCUT2D eigenvalue weighted by molar-refractivity contribution is 5.85. The van der Waals surface area contributed by atoms with E-state index in [0.717, 1.165) is 37.2 Å². The van der Waals surface area contributed by atoms with E-state index in [2.05, 4.69) is 20.5 Å². The second kappa shape index (κ2) is 7.65. The van der Waals surface area contributed by atoms with Crippen LogP contribution in [0.4, 0.5) is 8.78 Å². The smallest absolute Gasteiger partial charge is 0.173 e. The predicted molar refractivity (Wildman–Crippen MR) is 110 cm³/mol. The van der Waals surface area contributed by atoms with Crippen molar-refractivity contribution in [3.8, 4) is 11.3 Å². The van der Waals surface area contributed by atoms with Crippen molar-refractivity contribution in [2.45, 2.75) is 25.7 Å². The van der Waals surface area contributed by atoms with Gasteiger partial charge in [-0.15, -0.1) is 22.6 Å². The molecule has 0 aliphatic carbocycles. The molecule has 0 atom stereocenters. The van der Waals surface area contributed by atoms with Crippen LogP contribution in [-0.2, 0) is 0 Å². The molecule has 1 aliphatic rings. The maximum Gasteiger partial charge on any atom is 0.173 e. The van der Waals surface area contributed by atoms with Crippen molar-refractivity contribution in [3.05, 3.63) is 59.6 Å². The summed E-state index contributed by atoms with van der Waals surface area (Å²) in [7, 11) is 0. The molecular formula is C21H20ClF2N5. The highest BCUT2D eigenvalue weighted by Crippen LogP contribution is 2.30. The van der Waals surface area contributed by atoms with Gasteiger partial charge in [0.25, 0.3) is 0 Å². The minimum atomic E-state index is -0.450. The molecule has 1 aliphatic heterocycles. The van der Waals surface area contributed by atoms with E-state index in [1.807, 2.05) is 6.07 Å². The quantitative estimate of drug-likeness (QED) is 0.526. The number of imidazole rings is 1. The summed E-state index contributed by atoms with van der Waals surface area (Å²) in [5.74, 6) is -0.431. The van der Waals surface area contributed by atoms with Gasteiger partial charge in [0, 0.05) is 23.3 Å². The Labute approximate surface area is 172 Å². The fourth-order valence-corrected chi connectivity index (χ4v) is 3.97. The van der Waals surface area contributed by atoms with Gasteiger partial charge in [0.15, 0.2) is 11.5 Å². The van der Waals surface area contributed by atoms with Crippen LogP contribution in [0.3, 0.4) is 0 Å². The molecule has 150 valence electrons. The van der Waals surface area contributed by atoms with Gasteiger partial charge in [-0.1, -0.05) is 0 Å². The number of fused-ring (bicyclic) bond motifs is 2. The third-order valence-corrected chi connectivity index (χ3v) is 5.41. The normalized spacial score (nSPS) is 15.0. The van der Waals surface area contributed by atoms with Crippen LogP contribution in [0.1, 0.15) is 30.0 Å². The van der Waals surface area contributed by atoms with E-state index in [0.29, 0.717) is 28.1 Å². The predicted octanol–water partition coefficient (Wildman–Crippen LogP) is 4.42. The molecule has 1 N–H and O–H groups in total. The van der Waals surface area contributed by atoms with Gasteiger partial charge < -0.3 is 9.72 Å². The van der Waals surface area contributed by atoms with Crippen LogP contribution in [0.25, 0.3) is 27.8 Å². The number of hydrogen-bond acceptors (Lipinski definition) is 4. The van der Waals surface area contributed by atoms with E-state index in [-0.39, 0.29) is 23.9 Å². The van der Waals surface area contributed by atoms with E-state index < -0.39 is 5.82 Å². The molecule has 3 aromatic heterocycles. The molecule has 8 heteroatoms. The molecule has 4 heterocycles. The zero-order chi connectivity index (χ0) is 19.3. The summed E-state index contributed by atoms with van der Waals surface area (Å²) in [4.78, 5) is 4.15. The Hall–Kier alpha value is -2.64. The van der Waals surface area contributed by atoms with E-state index in [1.165, 1.54) is 6.07 Å². The number of pyridine rings is 1. The molecule has 1 aromatic carbocycles. The van der Waals surface area contributed by atoms with Crippen LogP contribution < -0.4 is 5.32 Å². The Kier molecular flexibility index (Phi) is 5.19. The molecule has 0 bridgehead atoms. The Morgan fingerprint density at radius 2 is 1.79 bits per heavy atom. The van der Waals surface area contributed by atoms with Crippen molar-refractivity contribution in [2.75, 3.05) is 13.1 Å². The average Bonchev–Trinajstić information content (AvgIpc) is 3.09. The van der Waals surface area contributed by atoms with Crippen molar-refractivity contribution < 1.29 is 8.78 Å². The molecule has 1 fully saturated rings. The maximum atomic E-state index is 14.9. The number of nitrogens with zero attached hydrogens (tertiary/aromatic N) is 4. The monoisotopic (exact) mass is 415 g/mol. The molecule has 4 aromatic rings. The number of rotatable bonds is 2. The lowest BCUT2D eigenvalue weighted by atomic mass is 9.89. The lowest BCUT2D eigenvalue weighted by Crippen LogP contribution is -2.26. The lowest BCUT2D eigenvalue weighted by Gasteiger charge is -2.23. The van der Waals surface area contributed by atoms with Gasteiger partial charge >= 0.3 is 0 Å². The van der Waals surface area contributed by atoms with Gasteiger partial charge in [-0.2, -0.15) is 0 Å². The molecule has 0 spiro atoms. The van der Waals surface area contributed by atoms with Crippen molar-refractivity contribution >= 4 is 29.0 Å². The topological polar surface area (TPSA) is 55.1 Å². The number of aromatic nitrogens is 4. The molecule has 5 rings (SSSR count). The van der Waals surface area contributed by atoms with Crippen LogP contribution in [0.2, 0.25) is 0 Å². The number of piperidine rings is 1. The Bertz CT molecular complexity index is 1200. The zero-order valence-electron chi connectivity index (χ0n) is 15.8. The lowest BCUT2D eigenvalue weighted by molar-refractivity contribution is 0.459. The first kappa shape index (κ1) is 19.7. The standard InChI is InChI=1S/C21H19F2N5.ClH/c1-12-10-28-11-15(7-18(23)21(28)25-12)19-9-16-17(22)6-14(8-20(16)27-26-19)13-2-4-24-5-3-13;/h6-11,13,24H,2-5H2,1H3;1H. The Morgan fingerprint density at radius 1 is 1.00 bits per heavy atom. The number of nitrogens with one attached hydrogen (secondary N) is 1. The third kappa shape index (κ3) is 3.56. The van der Waals surface area contributed by atoms with Gasteiger partial charge in [0.05, 0.1) is 16.9 Å². The van der Waals surface area contributed by atoms with Crippen LogP contribution in [0.5, 0.6) is 0 Å². The molecule has 29 heavy (non-hydrogen) atoms. The van der Waals surface area contributed by atoms with Crippen LogP contribution in [0.15, 0.2) is 36.7 Å². The van der Waals surface area contributed by atoms with E-state index in [1.54, 1.807) is 35.9 Å². The van der Waals surface area contributed by atoms with Gasteiger partial charge in [0.1, 0.15) is 5.82 Å². The summed E-state index contributed by atoms with van der Waals surface area (Å²) in [6.07, 6.45) is 5.44. The first-order valence-corrected chi connectivity index (χ1v) is 9.41. The molecule has 0 radical (unpaired) electrons.